The van der Waals surface area contributed by atoms with Crippen molar-refractivity contribution in [2.75, 3.05) is 20.8 Å². The molecule has 9 heteroatoms. The molecule has 170 valence electrons. The first-order chi connectivity index (χ1) is 15.5. The zero-order valence-corrected chi connectivity index (χ0v) is 19.5. The first-order valence-electron chi connectivity index (χ1n) is 10.6. The van der Waals surface area contributed by atoms with E-state index >= 15 is 0 Å². The number of aliphatic imine (C=N–C) groups is 1. The number of nitrogens with zero attached hydrogens (tertiary/aromatic N) is 2. The lowest BCUT2D eigenvalue weighted by molar-refractivity contribution is -0.139. The summed E-state index contributed by atoms with van der Waals surface area (Å²) in [5, 5.41) is 5.69. The van der Waals surface area contributed by atoms with E-state index in [2.05, 4.69) is 10.3 Å². The maximum absolute atomic E-state index is 13.0. The van der Waals surface area contributed by atoms with Gasteiger partial charge in [0.25, 0.3) is 0 Å². The van der Waals surface area contributed by atoms with E-state index in [0.717, 1.165) is 29.3 Å². The molecule has 2 aliphatic heterocycles. The fourth-order valence-corrected chi connectivity index (χ4v) is 4.81. The standard InChI is InChI=1S/C23H27N3O5S/c1-5-31-22(28)20-13(2)24-23-26(16(12-32-23)11-19(27)25-15-7-8-15)21(20)14-6-9-17(29-3)18(10-14)30-4/h6,9-10,12,15,21H,5,7-8,11H2,1-4H3,(H,25,27)/t21-/m0/s1. The minimum atomic E-state index is -0.503. The maximum Gasteiger partial charge on any atom is 0.338 e. The zero-order chi connectivity index (χ0) is 22.8. The van der Waals surface area contributed by atoms with Crippen molar-refractivity contribution in [3.63, 3.8) is 0 Å². The Kier molecular flexibility index (Phi) is 6.45. The first kappa shape index (κ1) is 22.3. The van der Waals surface area contributed by atoms with Crippen LogP contribution in [0.15, 0.2) is 45.6 Å². The summed E-state index contributed by atoms with van der Waals surface area (Å²) in [5.41, 5.74) is 2.65. The summed E-state index contributed by atoms with van der Waals surface area (Å²) in [6.45, 7) is 3.84. The van der Waals surface area contributed by atoms with Crippen LogP contribution in [0.25, 0.3) is 0 Å². The monoisotopic (exact) mass is 457 g/mol. The molecule has 4 rings (SSSR count). The number of fused-ring (bicyclic) bond motifs is 1. The van der Waals surface area contributed by atoms with Crippen molar-refractivity contribution in [3.8, 4) is 11.5 Å². The summed E-state index contributed by atoms with van der Waals surface area (Å²) < 4.78 is 16.3. The van der Waals surface area contributed by atoms with Crippen LogP contribution in [0.5, 0.6) is 11.5 Å². The van der Waals surface area contributed by atoms with Gasteiger partial charge < -0.3 is 24.4 Å². The average Bonchev–Trinajstić information content (AvgIpc) is 3.51. The quantitative estimate of drug-likeness (QED) is 0.598. The fourth-order valence-electron chi connectivity index (χ4n) is 3.85. The molecule has 1 amide bonds. The number of esters is 1. The van der Waals surface area contributed by atoms with Gasteiger partial charge in [-0.05, 0) is 49.8 Å². The molecule has 0 radical (unpaired) electrons. The van der Waals surface area contributed by atoms with Crippen LogP contribution in [0, 0.1) is 0 Å². The van der Waals surface area contributed by atoms with Gasteiger partial charge in [-0.2, -0.15) is 0 Å². The topological polar surface area (TPSA) is 89.5 Å². The van der Waals surface area contributed by atoms with Gasteiger partial charge >= 0.3 is 5.97 Å². The number of rotatable bonds is 8. The number of carbonyl (C=O) groups excluding carboxylic acids is 2. The van der Waals surface area contributed by atoms with Gasteiger partial charge in [-0.15, -0.1) is 0 Å². The summed E-state index contributed by atoms with van der Waals surface area (Å²) in [6, 6.07) is 5.34. The largest absolute Gasteiger partial charge is 0.493 e. The molecule has 32 heavy (non-hydrogen) atoms. The number of carbonyl (C=O) groups is 2. The number of allylic oxidation sites excluding steroid dienone is 1. The predicted molar refractivity (Wildman–Crippen MR) is 122 cm³/mol. The second kappa shape index (κ2) is 9.28. The number of nitrogens with one attached hydrogen (secondary N) is 1. The highest BCUT2D eigenvalue weighted by Gasteiger charge is 2.41. The maximum atomic E-state index is 13.0. The van der Waals surface area contributed by atoms with E-state index in [1.807, 2.05) is 35.4 Å². The molecule has 8 nitrogen and oxygen atoms in total. The molecule has 1 N–H and O–H groups in total. The molecule has 2 heterocycles. The SMILES string of the molecule is CCOC(=O)C1=C(C)N=C2SC=C(CC(=O)NC3CC3)N2[C@H]1c1ccc(OC)c(OC)c1. The van der Waals surface area contributed by atoms with Gasteiger partial charge in [-0.25, -0.2) is 9.79 Å². The van der Waals surface area contributed by atoms with Gasteiger partial charge in [0.15, 0.2) is 16.7 Å². The van der Waals surface area contributed by atoms with Crippen LogP contribution in [-0.4, -0.2) is 48.8 Å². The summed E-state index contributed by atoms with van der Waals surface area (Å²) >= 11 is 1.45. The number of hydrogen-bond acceptors (Lipinski definition) is 8. The molecule has 1 aliphatic carbocycles. The van der Waals surface area contributed by atoms with Crippen LogP contribution in [0.3, 0.4) is 0 Å². The van der Waals surface area contributed by atoms with Crippen molar-refractivity contribution in [2.45, 2.75) is 45.2 Å². The molecule has 1 fully saturated rings. The third-order valence-electron chi connectivity index (χ3n) is 5.50. The van der Waals surface area contributed by atoms with Gasteiger partial charge in [-0.1, -0.05) is 17.8 Å². The number of amides is 1. The van der Waals surface area contributed by atoms with Gasteiger partial charge in [0.05, 0.1) is 44.6 Å². The lowest BCUT2D eigenvalue weighted by atomic mass is 9.93. The van der Waals surface area contributed by atoms with Crippen LogP contribution < -0.4 is 14.8 Å². The molecule has 1 aromatic carbocycles. The molecule has 1 saturated carbocycles. The van der Waals surface area contributed by atoms with Crippen LogP contribution in [-0.2, 0) is 14.3 Å². The minimum Gasteiger partial charge on any atom is -0.493 e. The van der Waals surface area contributed by atoms with Crippen LogP contribution >= 0.6 is 11.8 Å². The predicted octanol–water partition coefficient (Wildman–Crippen LogP) is 3.51. The van der Waals surface area contributed by atoms with Crippen molar-refractivity contribution in [1.82, 2.24) is 10.2 Å². The molecule has 0 unspecified atom stereocenters. The summed E-state index contributed by atoms with van der Waals surface area (Å²) in [7, 11) is 3.15. The second-order valence-corrected chi connectivity index (χ2v) is 8.58. The van der Waals surface area contributed by atoms with E-state index in [0.29, 0.717) is 22.8 Å². The van der Waals surface area contributed by atoms with Crippen LogP contribution in [0.2, 0.25) is 0 Å². The third kappa shape index (κ3) is 4.34. The Labute approximate surface area is 191 Å². The molecule has 1 aromatic rings. The number of ether oxygens (including phenoxy) is 3. The van der Waals surface area contributed by atoms with Crippen LogP contribution in [0.4, 0.5) is 0 Å². The second-order valence-electron chi connectivity index (χ2n) is 7.75. The Morgan fingerprint density at radius 2 is 1.97 bits per heavy atom. The van der Waals surface area contributed by atoms with Crippen molar-refractivity contribution >= 4 is 28.8 Å². The van der Waals surface area contributed by atoms with Gasteiger partial charge in [0, 0.05) is 11.7 Å². The molecule has 0 saturated heterocycles. The zero-order valence-electron chi connectivity index (χ0n) is 18.6. The van der Waals surface area contributed by atoms with E-state index in [9.17, 15) is 9.59 Å². The summed E-state index contributed by atoms with van der Waals surface area (Å²) in [5.74, 6) is 0.690. The molecular weight excluding hydrogens is 430 g/mol. The van der Waals surface area contributed by atoms with Crippen LogP contribution in [0.1, 0.15) is 44.7 Å². The van der Waals surface area contributed by atoms with Gasteiger partial charge in [0.1, 0.15) is 0 Å². The van der Waals surface area contributed by atoms with Crippen molar-refractivity contribution in [1.29, 1.82) is 0 Å². The highest BCUT2D eigenvalue weighted by atomic mass is 32.2. The molecule has 1 atom stereocenters. The molecule has 0 aromatic heterocycles. The Balaban J connectivity index is 1.75. The highest BCUT2D eigenvalue weighted by molar-refractivity contribution is 8.16. The number of amidine groups is 1. The Bertz CT molecular complexity index is 1030. The minimum absolute atomic E-state index is 0.0318. The molecular formula is C23H27N3O5S. The van der Waals surface area contributed by atoms with Gasteiger partial charge in [-0.3, -0.25) is 4.79 Å². The molecule has 3 aliphatic rings. The summed E-state index contributed by atoms with van der Waals surface area (Å²) in [4.78, 5) is 32.2. The molecule has 0 bridgehead atoms. The van der Waals surface area contributed by atoms with E-state index < -0.39 is 12.0 Å². The molecule has 0 spiro atoms. The average molecular weight is 458 g/mol. The van der Waals surface area contributed by atoms with Gasteiger partial charge in [0.2, 0.25) is 5.91 Å². The Morgan fingerprint density at radius 1 is 1.22 bits per heavy atom. The number of methoxy groups -OCH3 is 2. The Morgan fingerprint density at radius 3 is 2.62 bits per heavy atom. The van der Waals surface area contributed by atoms with E-state index in [1.165, 1.54) is 11.8 Å². The lowest BCUT2D eigenvalue weighted by Gasteiger charge is -2.36. The first-order valence-corrected chi connectivity index (χ1v) is 11.5. The number of benzene rings is 1. The van der Waals surface area contributed by atoms with E-state index in [-0.39, 0.29) is 25.0 Å². The van der Waals surface area contributed by atoms with E-state index in [1.54, 1.807) is 21.1 Å². The number of hydrogen-bond donors (Lipinski definition) is 1. The normalized spacial score (nSPS) is 19.8. The summed E-state index contributed by atoms with van der Waals surface area (Å²) in [6.07, 6.45) is 2.26. The van der Waals surface area contributed by atoms with E-state index in [4.69, 9.17) is 14.2 Å². The smallest absolute Gasteiger partial charge is 0.338 e. The third-order valence-corrected chi connectivity index (χ3v) is 6.39. The fraction of sp³-hybridized carbons (Fsp3) is 0.435. The van der Waals surface area contributed by atoms with Crippen molar-refractivity contribution in [2.24, 2.45) is 4.99 Å². The van der Waals surface area contributed by atoms with Crippen molar-refractivity contribution in [3.05, 3.63) is 46.1 Å². The number of thioether (sulfide) groups is 1. The lowest BCUT2D eigenvalue weighted by Crippen LogP contribution is -2.38. The highest BCUT2D eigenvalue weighted by Crippen LogP contribution is 2.46. The Hall–Kier alpha value is -2.94. The van der Waals surface area contributed by atoms with Crippen molar-refractivity contribution < 1.29 is 23.8 Å².